The highest BCUT2D eigenvalue weighted by atomic mass is 28.3. The van der Waals surface area contributed by atoms with Crippen LogP contribution in [-0.4, -0.2) is 32.9 Å². The van der Waals surface area contributed by atoms with Crippen LogP contribution < -0.4 is 10.1 Å². The summed E-state index contributed by atoms with van der Waals surface area (Å²) in [5.74, 6) is 0.557. The predicted molar refractivity (Wildman–Crippen MR) is 109 cm³/mol. The van der Waals surface area contributed by atoms with Crippen LogP contribution >= 0.6 is 0 Å². The molecule has 0 saturated heterocycles. The number of ketones is 1. The molecule has 1 atom stereocenters. The van der Waals surface area contributed by atoms with E-state index >= 15 is 0 Å². The fourth-order valence-electron chi connectivity index (χ4n) is 2.79. The van der Waals surface area contributed by atoms with Crippen LogP contribution in [0.15, 0.2) is 48.5 Å². The Hall–Kier alpha value is -2.40. The molecule has 26 heavy (non-hydrogen) atoms. The summed E-state index contributed by atoms with van der Waals surface area (Å²) in [7, 11) is 0.154. The first-order valence-corrected chi connectivity index (χ1v) is 12.5. The average molecular weight is 370 g/mol. The van der Waals surface area contributed by atoms with Crippen molar-refractivity contribution in [2.45, 2.75) is 38.7 Å². The SMILES string of the molecule is COc1cccc(-c2cccc(C(=O)N[C@@H](C[Si](C)(C)C)C(C)=O)c2)c1. The van der Waals surface area contributed by atoms with E-state index in [-0.39, 0.29) is 11.7 Å². The van der Waals surface area contributed by atoms with Crippen molar-refractivity contribution >= 4 is 19.8 Å². The Morgan fingerprint density at radius 2 is 1.65 bits per heavy atom. The minimum Gasteiger partial charge on any atom is -0.497 e. The molecule has 1 N–H and O–H groups in total. The molecule has 0 fully saturated rings. The van der Waals surface area contributed by atoms with Crippen molar-refractivity contribution in [3.8, 4) is 16.9 Å². The lowest BCUT2D eigenvalue weighted by Gasteiger charge is -2.23. The van der Waals surface area contributed by atoms with E-state index in [0.29, 0.717) is 5.56 Å². The third kappa shape index (κ3) is 5.56. The van der Waals surface area contributed by atoms with Gasteiger partial charge in [0.25, 0.3) is 5.91 Å². The van der Waals surface area contributed by atoms with Crippen molar-refractivity contribution in [2.24, 2.45) is 0 Å². The molecule has 5 heteroatoms. The maximum atomic E-state index is 12.7. The molecular weight excluding hydrogens is 342 g/mol. The molecule has 4 nitrogen and oxygen atoms in total. The zero-order valence-electron chi connectivity index (χ0n) is 16.1. The standard InChI is InChI=1S/C21H27NO3Si/c1-15(23)20(14-26(3,4)5)22-21(24)18-10-6-8-16(12-18)17-9-7-11-19(13-17)25-2/h6-13,20H,14H2,1-5H3,(H,22,24)/t20-/m0/s1. The Morgan fingerprint density at radius 1 is 1.04 bits per heavy atom. The summed E-state index contributed by atoms with van der Waals surface area (Å²) in [6, 6.07) is 15.4. The van der Waals surface area contributed by atoms with E-state index in [1.807, 2.05) is 42.5 Å². The summed E-state index contributed by atoms with van der Waals surface area (Å²) >= 11 is 0. The van der Waals surface area contributed by atoms with E-state index in [9.17, 15) is 9.59 Å². The van der Waals surface area contributed by atoms with E-state index in [2.05, 4.69) is 25.0 Å². The molecule has 0 aliphatic rings. The van der Waals surface area contributed by atoms with Gasteiger partial charge in [-0.3, -0.25) is 9.59 Å². The van der Waals surface area contributed by atoms with Gasteiger partial charge in [0.05, 0.1) is 13.2 Å². The number of methoxy groups -OCH3 is 1. The third-order valence-corrected chi connectivity index (χ3v) is 5.77. The van der Waals surface area contributed by atoms with Gasteiger partial charge in [0.1, 0.15) is 5.75 Å². The second kappa shape index (κ2) is 8.32. The van der Waals surface area contributed by atoms with Crippen LogP contribution in [0.2, 0.25) is 25.7 Å². The molecule has 0 aliphatic carbocycles. The lowest BCUT2D eigenvalue weighted by atomic mass is 10.0. The zero-order valence-corrected chi connectivity index (χ0v) is 17.1. The zero-order chi connectivity index (χ0) is 19.3. The Bertz CT molecular complexity index is 796. The number of rotatable bonds is 7. The van der Waals surface area contributed by atoms with Crippen LogP contribution in [0.1, 0.15) is 17.3 Å². The topological polar surface area (TPSA) is 55.4 Å². The number of carbonyl (C=O) groups excluding carboxylic acids is 2. The summed E-state index contributed by atoms with van der Waals surface area (Å²) in [6.07, 6.45) is 0. The number of hydrogen-bond donors (Lipinski definition) is 1. The van der Waals surface area contributed by atoms with Crippen LogP contribution in [0.5, 0.6) is 5.75 Å². The van der Waals surface area contributed by atoms with Gasteiger partial charge in [-0.2, -0.15) is 0 Å². The number of amides is 1. The number of ether oxygens (including phenoxy) is 1. The van der Waals surface area contributed by atoms with Gasteiger partial charge in [-0.05, 0) is 48.4 Å². The first kappa shape index (κ1) is 19.9. The minimum atomic E-state index is -1.47. The number of carbonyl (C=O) groups is 2. The molecule has 1 amide bonds. The van der Waals surface area contributed by atoms with Crippen molar-refractivity contribution in [3.05, 3.63) is 54.1 Å². The minimum absolute atomic E-state index is 0.00438. The predicted octanol–water partition coefficient (Wildman–Crippen LogP) is 4.39. The largest absolute Gasteiger partial charge is 0.497 e. The summed E-state index contributed by atoms with van der Waals surface area (Å²) in [4.78, 5) is 24.6. The first-order valence-electron chi connectivity index (χ1n) is 8.75. The van der Waals surface area contributed by atoms with Gasteiger partial charge < -0.3 is 10.1 Å². The van der Waals surface area contributed by atoms with Crippen LogP contribution in [0.3, 0.4) is 0 Å². The molecule has 2 aromatic carbocycles. The van der Waals surface area contributed by atoms with E-state index in [4.69, 9.17) is 4.74 Å². The van der Waals surface area contributed by atoms with Crippen molar-refractivity contribution in [3.63, 3.8) is 0 Å². The third-order valence-electron chi connectivity index (χ3n) is 4.14. The fourth-order valence-corrected chi connectivity index (χ4v) is 4.41. The lowest BCUT2D eigenvalue weighted by Crippen LogP contribution is -2.44. The van der Waals surface area contributed by atoms with Crippen molar-refractivity contribution in [1.29, 1.82) is 0 Å². The highest BCUT2D eigenvalue weighted by Crippen LogP contribution is 2.24. The summed E-state index contributed by atoms with van der Waals surface area (Å²) in [5.41, 5.74) is 2.46. The van der Waals surface area contributed by atoms with E-state index < -0.39 is 14.1 Å². The fraction of sp³-hybridized carbons (Fsp3) is 0.333. The molecule has 0 aromatic heterocycles. The molecule has 0 unspecified atom stereocenters. The van der Waals surface area contributed by atoms with E-state index in [1.54, 1.807) is 13.2 Å². The molecule has 2 aromatic rings. The smallest absolute Gasteiger partial charge is 0.251 e. The van der Waals surface area contributed by atoms with Crippen LogP contribution in [0.25, 0.3) is 11.1 Å². The molecule has 0 spiro atoms. The highest BCUT2D eigenvalue weighted by molar-refractivity contribution is 6.76. The molecule has 0 radical (unpaired) electrons. The van der Waals surface area contributed by atoms with Gasteiger partial charge >= 0.3 is 0 Å². The molecule has 0 aliphatic heterocycles. The van der Waals surface area contributed by atoms with Gasteiger partial charge in [0.2, 0.25) is 0 Å². The Morgan fingerprint density at radius 3 is 2.23 bits per heavy atom. The van der Waals surface area contributed by atoms with Crippen LogP contribution in [0, 0.1) is 0 Å². The number of Topliss-reactive ketones (excluding diaryl/α,β-unsaturated/α-hetero) is 1. The van der Waals surface area contributed by atoms with Crippen molar-refractivity contribution in [2.75, 3.05) is 7.11 Å². The van der Waals surface area contributed by atoms with Crippen LogP contribution in [0.4, 0.5) is 0 Å². The Labute approximate surface area is 156 Å². The van der Waals surface area contributed by atoms with E-state index in [0.717, 1.165) is 22.9 Å². The second-order valence-electron chi connectivity index (χ2n) is 7.71. The van der Waals surface area contributed by atoms with Crippen molar-refractivity contribution < 1.29 is 14.3 Å². The summed E-state index contributed by atoms with van der Waals surface area (Å²) in [5, 5.41) is 2.91. The number of benzene rings is 2. The molecule has 0 heterocycles. The van der Waals surface area contributed by atoms with Gasteiger partial charge in [-0.1, -0.05) is 43.9 Å². The number of hydrogen-bond acceptors (Lipinski definition) is 3. The first-order chi connectivity index (χ1) is 12.2. The summed E-state index contributed by atoms with van der Waals surface area (Å²) < 4.78 is 5.27. The van der Waals surface area contributed by atoms with E-state index in [1.165, 1.54) is 6.92 Å². The normalized spacial score (nSPS) is 12.3. The van der Waals surface area contributed by atoms with Gasteiger partial charge in [-0.25, -0.2) is 0 Å². The van der Waals surface area contributed by atoms with Gasteiger partial charge in [-0.15, -0.1) is 0 Å². The maximum absolute atomic E-state index is 12.7. The molecule has 0 bridgehead atoms. The Balaban J connectivity index is 2.23. The quantitative estimate of drug-likeness (QED) is 0.737. The maximum Gasteiger partial charge on any atom is 0.251 e. The van der Waals surface area contributed by atoms with Crippen LogP contribution in [-0.2, 0) is 4.79 Å². The highest BCUT2D eigenvalue weighted by Gasteiger charge is 2.25. The monoisotopic (exact) mass is 369 g/mol. The van der Waals surface area contributed by atoms with Gasteiger partial charge in [0, 0.05) is 13.6 Å². The molecule has 0 saturated carbocycles. The average Bonchev–Trinajstić information content (AvgIpc) is 2.60. The molecule has 138 valence electrons. The Kier molecular flexibility index (Phi) is 6.37. The summed E-state index contributed by atoms with van der Waals surface area (Å²) in [6.45, 7) is 8.12. The number of nitrogens with one attached hydrogen (secondary N) is 1. The lowest BCUT2D eigenvalue weighted by molar-refractivity contribution is -0.118. The van der Waals surface area contributed by atoms with Crippen molar-refractivity contribution in [1.82, 2.24) is 5.32 Å². The molecule has 2 rings (SSSR count). The van der Waals surface area contributed by atoms with Gasteiger partial charge in [0.15, 0.2) is 5.78 Å². The molecular formula is C21H27NO3Si. The second-order valence-corrected chi connectivity index (χ2v) is 13.2.